The Kier molecular flexibility index (Phi) is 9.63. The van der Waals surface area contributed by atoms with Gasteiger partial charge >= 0.3 is 0 Å². The summed E-state index contributed by atoms with van der Waals surface area (Å²) < 4.78 is 1.94. The van der Waals surface area contributed by atoms with Crippen molar-refractivity contribution in [2.45, 2.75) is 19.9 Å². The van der Waals surface area contributed by atoms with Gasteiger partial charge in [-0.05, 0) is 42.7 Å². The summed E-state index contributed by atoms with van der Waals surface area (Å²) in [6, 6.07) is 11.7. The Hall–Kier alpha value is -2.95. The van der Waals surface area contributed by atoms with Crippen molar-refractivity contribution in [3.05, 3.63) is 77.5 Å². The molecule has 0 spiro atoms. The Labute approximate surface area is 206 Å². The van der Waals surface area contributed by atoms with Gasteiger partial charge in [0.1, 0.15) is 11.6 Å². The molecule has 2 aromatic heterocycles. The van der Waals surface area contributed by atoms with E-state index in [4.69, 9.17) is 0 Å². The molecule has 3 rings (SSSR count). The Bertz CT molecular complexity index is 1040. The van der Waals surface area contributed by atoms with Crippen LogP contribution in [0.4, 0.5) is 0 Å². The predicted molar refractivity (Wildman–Crippen MR) is 138 cm³/mol. The number of imidazole rings is 1. The highest BCUT2D eigenvalue weighted by atomic mass is 127. The summed E-state index contributed by atoms with van der Waals surface area (Å²) in [5.41, 5.74) is 2.86. The monoisotopic (exact) mass is 547 g/mol. The molecule has 2 heterocycles. The van der Waals surface area contributed by atoms with E-state index in [-0.39, 0.29) is 29.9 Å². The number of aliphatic imine (C=N–C) groups is 1. The molecule has 3 aromatic rings. The van der Waals surface area contributed by atoms with Gasteiger partial charge < -0.3 is 15.5 Å². The number of carbonyl (C=O) groups is 1. The third-order valence-electron chi connectivity index (χ3n) is 4.85. The molecule has 0 aliphatic carbocycles. The maximum atomic E-state index is 12.1. The lowest BCUT2D eigenvalue weighted by atomic mass is 10.1. The molecule has 0 fully saturated rings. The molecule has 0 aliphatic heterocycles. The number of aromatic nitrogens is 3. The maximum Gasteiger partial charge on any atom is 0.253 e. The fraction of sp³-hybridized carbons (Fsp3) is 0.304. The van der Waals surface area contributed by atoms with E-state index in [2.05, 4.69) is 25.6 Å². The second-order valence-electron chi connectivity index (χ2n) is 7.37. The fourth-order valence-electron chi connectivity index (χ4n) is 3.13. The standard InChI is InChI=1S/C23H29N7O.HI/c1-17-25-12-13-30(17)21-9-8-19(15-27-21)16-28-23(24-2)26-11-10-18-6-5-7-20(14-18)22(31)29(3)4;/h5-9,12-15H,10-11,16H2,1-4H3,(H2,24,26,28);1H. The number of carbonyl (C=O) groups excluding carboxylic acids is 1. The van der Waals surface area contributed by atoms with Crippen molar-refractivity contribution in [3.63, 3.8) is 0 Å². The summed E-state index contributed by atoms with van der Waals surface area (Å²) in [5.74, 6) is 2.47. The van der Waals surface area contributed by atoms with Gasteiger partial charge in [-0.25, -0.2) is 9.97 Å². The van der Waals surface area contributed by atoms with Gasteiger partial charge in [0.05, 0.1) is 0 Å². The van der Waals surface area contributed by atoms with Gasteiger partial charge in [-0.2, -0.15) is 0 Å². The lowest BCUT2D eigenvalue weighted by molar-refractivity contribution is 0.0827. The van der Waals surface area contributed by atoms with E-state index in [9.17, 15) is 4.79 Å². The van der Waals surface area contributed by atoms with E-state index in [0.29, 0.717) is 18.7 Å². The van der Waals surface area contributed by atoms with Crippen molar-refractivity contribution < 1.29 is 4.79 Å². The molecule has 0 saturated carbocycles. The van der Waals surface area contributed by atoms with Crippen molar-refractivity contribution >= 4 is 35.8 Å². The van der Waals surface area contributed by atoms with Crippen LogP contribution in [0.5, 0.6) is 0 Å². The number of benzene rings is 1. The Balaban J connectivity index is 0.00000363. The average Bonchev–Trinajstić information content (AvgIpc) is 3.22. The molecule has 170 valence electrons. The Morgan fingerprint density at radius 2 is 1.94 bits per heavy atom. The fourth-order valence-corrected chi connectivity index (χ4v) is 3.13. The molecular formula is C23H30IN7O. The lowest BCUT2D eigenvalue weighted by Crippen LogP contribution is -2.37. The molecule has 1 aromatic carbocycles. The number of hydrogen-bond acceptors (Lipinski definition) is 4. The molecule has 0 aliphatic rings. The van der Waals surface area contributed by atoms with E-state index < -0.39 is 0 Å². The smallest absolute Gasteiger partial charge is 0.253 e. The largest absolute Gasteiger partial charge is 0.356 e. The van der Waals surface area contributed by atoms with Crippen molar-refractivity contribution in [2.24, 2.45) is 4.99 Å². The number of nitrogens with zero attached hydrogens (tertiary/aromatic N) is 5. The van der Waals surface area contributed by atoms with Gasteiger partial charge in [-0.3, -0.25) is 14.4 Å². The summed E-state index contributed by atoms with van der Waals surface area (Å²) in [5, 5.41) is 6.61. The number of guanidine groups is 1. The molecule has 32 heavy (non-hydrogen) atoms. The third kappa shape index (κ3) is 6.78. The predicted octanol–water partition coefficient (Wildman–Crippen LogP) is 2.80. The minimum atomic E-state index is 0. The number of pyridine rings is 1. The zero-order valence-electron chi connectivity index (χ0n) is 18.9. The molecule has 2 N–H and O–H groups in total. The third-order valence-corrected chi connectivity index (χ3v) is 4.85. The second kappa shape index (κ2) is 12.2. The van der Waals surface area contributed by atoms with Crippen molar-refractivity contribution in [1.29, 1.82) is 0 Å². The van der Waals surface area contributed by atoms with Gasteiger partial charge in [-0.15, -0.1) is 24.0 Å². The van der Waals surface area contributed by atoms with Crippen LogP contribution in [0.2, 0.25) is 0 Å². The number of hydrogen-bond donors (Lipinski definition) is 2. The quantitative estimate of drug-likeness (QED) is 0.270. The first kappa shape index (κ1) is 25.3. The summed E-state index contributed by atoms with van der Waals surface area (Å²) in [6.07, 6.45) is 6.30. The molecule has 9 heteroatoms. The highest BCUT2D eigenvalue weighted by molar-refractivity contribution is 14.0. The average molecular weight is 547 g/mol. The zero-order chi connectivity index (χ0) is 22.2. The van der Waals surface area contributed by atoms with Crippen LogP contribution in [-0.4, -0.2) is 59.0 Å². The minimum Gasteiger partial charge on any atom is -0.356 e. The number of amides is 1. The van der Waals surface area contributed by atoms with Crippen LogP contribution in [0.25, 0.3) is 5.82 Å². The molecule has 0 radical (unpaired) electrons. The van der Waals surface area contributed by atoms with Crippen molar-refractivity contribution in [3.8, 4) is 5.82 Å². The van der Waals surface area contributed by atoms with E-state index in [0.717, 1.165) is 35.1 Å². The van der Waals surface area contributed by atoms with Crippen LogP contribution in [0, 0.1) is 6.92 Å². The molecule has 0 saturated heterocycles. The molecular weight excluding hydrogens is 517 g/mol. The van der Waals surface area contributed by atoms with Gasteiger partial charge in [0.2, 0.25) is 0 Å². The Morgan fingerprint density at radius 1 is 1.12 bits per heavy atom. The van der Waals surface area contributed by atoms with Crippen molar-refractivity contribution in [2.75, 3.05) is 27.7 Å². The normalized spacial score (nSPS) is 10.9. The first-order valence-corrected chi connectivity index (χ1v) is 10.2. The summed E-state index contributed by atoms with van der Waals surface area (Å²) in [7, 11) is 5.26. The van der Waals surface area contributed by atoms with Crippen LogP contribution >= 0.6 is 24.0 Å². The van der Waals surface area contributed by atoms with Crippen LogP contribution in [0.15, 0.2) is 60.0 Å². The summed E-state index contributed by atoms with van der Waals surface area (Å²) in [4.78, 5) is 26.7. The number of aryl methyl sites for hydroxylation is 1. The Morgan fingerprint density at radius 3 is 2.56 bits per heavy atom. The molecule has 0 unspecified atom stereocenters. The van der Waals surface area contributed by atoms with E-state index in [1.807, 2.05) is 60.3 Å². The summed E-state index contributed by atoms with van der Waals surface area (Å²) in [6.45, 7) is 3.27. The zero-order valence-corrected chi connectivity index (χ0v) is 21.2. The number of halogens is 1. The number of rotatable bonds is 7. The SMILES string of the molecule is CN=C(NCCc1cccc(C(=O)N(C)C)c1)NCc1ccc(-n2ccnc2C)nc1.I. The second-order valence-corrected chi connectivity index (χ2v) is 7.37. The molecule has 8 nitrogen and oxygen atoms in total. The van der Waals surface area contributed by atoms with E-state index >= 15 is 0 Å². The van der Waals surface area contributed by atoms with E-state index in [1.165, 1.54) is 0 Å². The molecule has 0 atom stereocenters. The first-order chi connectivity index (χ1) is 15.0. The first-order valence-electron chi connectivity index (χ1n) is 10.2. The van der Waals surface area contributed by atoms with Gasteiger partial charge in [0, 0.05) is 58.4 Å². The molecule has 0 bridgehead atoms. The maximum absolute atomic E-state index is 12.1. The topological polar surface area (TPSA) is 87.4 Å². The molecule has 1 amide bonds. The van der Waals surface area contributed by atoms with Gasteiger partial charge in [0.25, 0.3) is 5.91 Å². The van der Waals surface area contributed by atoms with Crippen LogP contribution in [0.3, 0.4) is 0 Å². The van der Waals surface area contributed by atoms with E-state index in [1.54, 1.807) is 32.2 Å². The van der Waals surface area contributed by atoms with Crippen LogP contribution < -0.4 is 10.6 Å². The van der Waals surface area contributed by atoms with Crippen LogP contribution in [0.1, 0.15) is 27.3 Å². The number of nitrogens with one attached hydrogen (secondary N) is 2. The highest BCUT2D eigenvalue weighted by Gasteiger charge is 2.08. The van der Waals surface area contributed by atoms with Crippen molar-refractivity contribution in [1.82, 2.24) is 30.1 Å². The van der Waals surface area contributed by atoms with Gasteiger partial charge in [0.15, 0.2) is 5.96 Å². The lowest BCUT2D eigenvalue weighted by Gasteiger charge is -2.13. The van der Waals surface area contributed by atoms with Gasteiger partial charge in [-0.1, -0.05) is 18.2 Å². The van der Waals surface area contributed by atoms with Crippen LogP contribution in [-0.2, 0) is 13.0 Å². The minimum absolute atomic E-state index is 0. The highest BCUT2D eigenvalue weighted by Crippen LogP contribution is 2.09. The summed E-state index contributed by atoms with van der Waals surface area (Å²) >= 11 is 0.